The van der Waals surface area contributed by atoms with Crippen molar-refractivity contribution in [3.05, 3.63) is 0 Å². The quantitative estimate of drug-likeness (QED) is 0.342. The Hall–Kier alpha value is -0.770. The number of ether oxygens (including phenoxy) is 1. The van der Waals surface area contributed by atoms with Crippen LogP contribution < -0.4 is 0 Å². The van der Waals surface area contributed by atoms with Gasteiger partial charge in [-0.2, -0.15) is 0 Å². The third-order valence-corrected chi connectivity index (χ3v) is 0.188. The molecule has 0 aromatic rings. The van der Waals surface area contributed by atoms with Gasteiger partial charge < -0.3 is 14.9 Å². The van der Waals surface area contributed by atoms with E-state index < -0.39 is 12.9 Å². The Labute approximate surface area is 34.0 Å². The Kier molecular flexibility index (Phi) is 2.15. The number of hydrogen-bond acceptors (Lipinski definition) is 3. The van der Waals surface area contributed by atoms with Crippen molar-refractivity contribution in [2.75, 3.05) is 6.79 Å². The van der Waals surface area contributed by atoms with Gasteiger partial charge in [0.2, 0.25) is 0 Å². The van der Waals surface area contributed by atoms with Gasteiger partial charge in [-0.25, -0.2) is 4.79 Å². The number of aliphatic hydroxyl groups is 1. The maximum absolute atomic E-state index is 9.22. The molecule has 0 saturated carbocycles. The first kappa shape index (κ1) is 5.23. The average Bonchev–Trinajstić information content (AvgIpc) is 1.35. The van der Waals surface area contributed by atoms with E-state index in [2.05, 4.69) is 4.74 Å². The van der Waals surface area contributed by atoms with E-state index in [1.807, 2.05) is 0 Å². The van der Waals surface area contributed by atoms with Crippen LogP contribution in [-0.2, 0) is 4.74 Å². The average molecular weight is 92.0 g/mol. The Morgan fingerprint density at radius 1 is 1.83 bits per heavy atom. The minimum absolute atomic E-state index is 0.769. The summed E-state index contributed by atoms with van der Waals surface area (Å²) in [5.41, 5.74) is 0. The van der Waals surface area contributed by atoms with Gasteiger partial charge in [0, 0.05) is 0 Å². The summed E-state index contributed by atoms with van der Waals surface area (Å²) in [5, 5.41) is 15.2. The van der Waals surface area contributed by atoms with E-state index in [1.54, 1.807) is 0 Å². The zero-order chi connectivity index (χ0) is 4.99. The van der Waals surface area contributed by atoms with Gasteiger partial charge >= 0.3 is 6.16 Å². The molecule has 0 radical (unpaired) electrons. The SMILES string of the molecule is O=C(O)OCO. The first-order valence-corrected chi connectivity index (χ1v) is 1.24. The summed E-state index contributed by atoms with van der Waals surface area (Å²) in [6.07, 6.45) is -1.46. The lowest BCUT2D eigenvalue weighted by atomic mass is 11.3. The molecule has 0 fully saturated rings. The van der Waals surface area contributed by atoms with Crippen molar-refractivity contribution in [1.29, 1.82) is 0 Å². The van der Waals surface area contributed by atoms with E-state index in [4.69, 9.17) is 10.2 Å². The van der Waals surface area contributed by atoms with Crippen molar-refractivity contribution in [3.8, 4) is 0 Å². The minimum Gasteiger partial charge on any atom is -0.450 e. The third kappa shape index (κ3) is 3.23. The van der Waals surface area contributed by atoms with Crippen LogP contribution in [0.15, 0.2) is 0 Å². The second-order valence-electron chi connectivity index (χ2n) is 0.539. The van der Waals surface area contributed by atoms with Crippen LogP contribution in [-0.4, -0.2) is 23.2 Å². The summed E-state index contributed by atoms with van der Waals surface area (Å²) in [6.45, 7) is -0.769. The minimum atomic E-state index is -1.46. The molecule has 0 atom stereocenters. The van der Waals surface area contributed by atoms with Crippen LogP contribution in [0.5, 0.6) is 0 Å². The lowest BCUT2D eigenvalue weighted by molar-refractivity contribution is 0.0137. The first-order chi connectivity index (χ1) is 2.77. The number of aliphatic hydroxyl groups excluding tert-OH is 1. The van der Waals surface area contributed by atoms with Crippen LogP contribution in [0.4, 0.5) is 4.79 Å². The van der Waals surface area contributed by atoms with Crippen molar-refractivity contribution in [2.24, 2.45) is 0 Å². The summed E-state index contributed by atoms with van der Waals surface area (Å²) in [5.74, 6) is 0. The molecule has 4 heteroatoms. The molecular formula is C2H4O4. The number of hydrogen-bond donors (Lipinski definition) is 2. The Balaban J connectivity index is 2.83. The monoisotopic (exact) mass is 92.0 g/mol. The molecule has 4 nitrogen and oxygen atoms in total. The molecule has 36 valence electrons. The van der Waals surface area contributed by atoms with Crippen molar-refractivity contribution in [2.45, 2.75) is 0 Å². The van der Waals surface area contributed by atoms with Crippen LogP contribution in [0.3, 0.4) is 0 Å². The lowest BCUT2D eigenvalue weighted by Crippen LogP contribution is -1.99. The van der Waals surface area contributed by atoms with E-state index in [-0.39, 0.29) is 0 Å². The Morgan fingerprint density at radius 2 is 2.33 bits per heavy atom. The van der Waals surface area contributed by atoms with E-state index in [0.29, 0.717) is 0 Å². The van der Waals surface area contributed by atoms with Crippen molar-refractivity contribution in [3.63, 3.8) is 0 Å². The predicted molar refractivity (Wildman–Crippen MR) is 16.2 cm³/mol. The molecule has 2 N–H and O–H groups in total. The second kappa shape index (κ2) is 2.47. The van der Waals surface area contributed by atoms with Gasteiger partial charge in [-0.3, -0.25) is 0 Å². The topological polar surface area (TPSA) is 66.8 Å². The molecule has 0 aliphatic heterocycles. The fourth-order valence-electron chi connectivity index (χ4n) is 0.0552. The largest absolute Gasteiger partial charge is 0.507 e. The molecule has 0 rings (SSSR count). The van der Waals surface area contributed by atoms with Crippen LogP contribution in [0.2, 0.25) is 0 Å². The van der Waals surface area contributed by atoms with Gasteiger partial charge in [-0.05, 0) is 0 Å². The molecule has 0 spiro atoms. The van der Waals surface area contributed by atoms with Crippen molar-refractivity contribution in [1.82, 2.24) is 0 Å². The third-order valence-electron chi connectivity index (χ3n) is 0.188. The van der Waals surface area contributed by atoms with Crippen LogP contribution >= 0.6 is 0 Å². The smallest absolute Gasteiger partial charge is 0.450 e. The second-order valence-corrected chi connectivity index (χ2v) is 0.539. The van der Waals surface area contributed by atoms with Gasteiger partial charge in [0.05, 0.1) is 0 Å². The highest BCUT2D eigenvalue weighted by atomic mass is 16.7. The normalized spacial score (nSPS) is 7.50. The van der Waals surface area contributed by atoms with Gasteiger partial charge in [0.25, 0.3) is 0 Å². The highest BCUT2D eigenvalue weighted by Crippen LogP contribution is 1.67. The molecule has 6 heavy (non-hydrogen) atoms. The van der Waals surface area contributed by atoms with E-state index in [9.17, 15) is 4.79 Å². The zero-order valence-corrected chi connectivity index (χ0v) is 2.92. The van der Waals surface area contributed by atoms with Crippen LogP contribution in [0, 0.1) is 0 Å². The molecule has 0 bridgehead atoms. The van der Waals surface area contributed by atoms with E-state index in [0.717, 1.165) is 0 Å². The van der Waals surface area contributed by atoms with Gasteiger partial charge in [0.15, 0.2) is 6.79 Å². The van der Waals surface area contributed by atoms with Crippen molar-refractivity contribution < 1.29 is 19.7 Å². The fraction of sp³-hybridized carbons (Fsp3) is 0.500. The number of rotatable bonds is 1. The van der Waals surface area contributed by atoms with Gasteiger partial charge in [-0.15, -0.1) is 0 Å². The molecule has 0 unspecified atom stereocenters. The number of carboxylic acid groups (broad SMARTS) is 1. The maximum atomic E-state index is 9.22. The van der Waals surface area contributed by atoms with Gasteiger partial charge in [-0.1, -0.05) is 0 Å². The molecule has 0 amide bonds. The Bertz CT molecular complexity index is 49.5. The van der Waals surface area contributed by atoms with E-state index >= 15 is 0 Å². The summed E-state index contributed by atoms with van der Waals surface area (Å²) in [4.78, 5) is 9.22. The summed E-state index contributed by atoms with van der Waals surface area (Å²) in [7, 11) is 0. The van der Waals surface area contributed by atoms with Crippen molar-refractivity contribution >= 4 is 6.16 Å². The van der Waals surface area contributed by atoms with Crippen LogP contribution in [0.25, 0.3) is 0 Å². The fourth-order valence-corrected chi connectivity index (χ4v) is 0.0552. The van der Waals surface area contributed by atoms with Crippen LogP contribution in [0.1, 0.15) is 0 Å². The molecule has 0 aromatic carbocycles. The zero-order valence-electron chi connectivity index (χ0n) is 2.92. The summed E-state index contributed by atoms with van der Waals surface area (Å²) < 4.78 is 3.51. The lowest BCUT2D eigenvalue weighted by Gasteiger charge is -1.86. The maximum Gasteiger partial charge on any atom is 0.507 e. The molecule has 0 aliphatic carbocycles. The molecular weight excluding hydrogens is 88.0 g/mol. The van der Waals surface area contributed by atoms with Gasteiger partial charge in [0.1, 0.15) is 0 Å². The first-order valence-electron chi connectivity index (χ1n) is 1.24. The number of carbonyl (C=O) groups is 1. The summed E-state index contributed by atoms with van der Waals surface area (Å²) >= 11 is 0. The predicted octanol–water partition coefficient (Wildman–Crippen LogP) is -0.369. The standard InChI is InChI=1S/C2H4O4/c3-1-6-2(4)5/h3H,1H2,(H,4,5). The molecule has 0 aromatic heterocycles. The molecule has 0 saturated heterocycles. The molecule has 0 heterocycles. The Morgan fingerprint density at radius 3 is 2.33 bits per heavy atom. The highest BCUT2D eigenvalue weighted by molar-refractivity contribution is 5.56. The van der Waals surface area contributed by atoms with E-state index in [1.165, 1.54) is 0 Å². The highest BCUT2D eigenvalue weighted by Gasteiger charge is 1.87. The summed E-state index contributed by atoms with van der Waals surface area (Å²) in [6, 6.07) is 0. The molecule has 0 aliphatic rings.